The number of carbonyl (C=O) groups excluding carboxylic acids is 2. The van der Waals surface area contributed by atoms with Crippen molar-refractivity contribution in [2.75, 3.05) is 45.9 Å². The molecule has 3 N–H and O–H groups in total. The monoisotopic (exact) mass is 517 g/mol. The van der Waals surface area contributed by atoms with Crippen LogP contribution in [0.1, 0.15) is 73.1 Å². The van der Waals surface area contributed by atoms with E-state index >= 15 is 0 Å². The molecule has 3 aliphatic rings. The number of hydrogen-bond acceptors (Lipinski definition) is 5. The fourth-order valence-corrected chi connectivity index (χ4v) is 5.54. The van der Waals surface area contributed by atoms with Crippen molar-refractivity contribution >= 4 is 17.9 Å². The smallest absolute Gasteiger partial charge is 0.344 e. The summed E-state index contributed by atoms with van der Waals surface area (Å²) in [6, 6.07) is 1.84. The molecule has 10 heteroatoms. The van der Waals surface area contributed by atoms with Gasteiger partial charge in [0.05, 0.1) is 19.3 Å². The lowest BCUT2D eigenvalue weighted by Crippen LogP contribution is -2.59. The van der Waals surface area contributed by atoms with Gasteiger partial charge in [-0.1, -0.05) is 27.7 Å². The van der Waals surface area contributed by atoms with Crippen LogP contribution in [0.3, 0.4) is 0 Å². The predicted molar refractivity (Wildman–Crippen MR) is 144 cm³/mol. The molecule has 0 aromatic heterocycles. The van der Waals surface area contributed by atoms with Crippen molar-refractivity contribution in [1.29, 1.82) is 5.26 Å². The third-order valence-electron chi connectivity index (χ3n) is 7.66. The van der Waals surface area contributed by atoms with Gasteiger partial charge in [0.1, 0.15) is 11.6 Å². The van der Waals surface area contributed by atoms with Crippen LogP contribution in [0.5, 0.6) is 0 Å². The Morgan fingerprint density at radius 2 is 1.84 bits per heavy atom. The number of ether oxygens (including phenoxy) is 1. The Bertz CT molecular complexity index is 851. The molecule has 2 atom stereocenters. The first-order valence-corrected chi connectivity index (χ1v) is 14.0. The van der Waals surface area contributed by atoms with Crippen LogP contribution in [0.15, 0.2) is 4.99 Å². The molecule has 0 aromatic carbocycles. The van der Waals surface area contributed by atoms with Gasteiger partial charge in [0, 0.05) is 38.8 Å². The summed E-state index contributed by atoms with van der Waals surface area (Å²) >= 11 is 0. The second kappa shape index (κ2) is 12.9. The van der Waals surface area contributed by atoms with Gasteiger partial charge in [-0.15, -0.1) is 0 Å². The quantitative estimate of drug-likeness (QED) is 0.365. The fraction of sp³-hybridized carbons (Fsp3) is 0.852. The lowest BCUT2D eigenvalue weighted by Gasteiger charge is -2.36. The molecule has 208 valence electrons. The summed E-state index contributed by atoms with van der Waals surface area (Å²) in [7, 11) is 0. The molecule has 37 heavy (non-hydrogen) atoms. The second-order valence-corrected chi connectivity index (χ2v) is 12.1. The average molecular weight is 518 g/mol. The van der Waals surface area contributed by atoms with Crippen molar-refractivity contribution in [3.8, 4) is 6.07 Å². The Labute approximate surface area is 222 Å². The minimum atomic E-state index is -0.909. The summed E-state index contributed by atoms with van der Waals surface area (Å²) < 4.78 is 5.47. The van der Waals surface area contributed by atoms with E-state index in [-0.39, 0.29) is 11.3 Å². The average Bonchev–Trinajstić information content (AvgIpc) is 3.28. The van der Waals surface area contributed by atoms with Gasteiger partial charge in [0.15, 0.2) is 0 Å². The maximum Gasteiger partial charge on any atom is 0.344 e. The second-order valence-electron chi connectivity index (χ2n) is 12.1. The molecule has 2 aliphatic heterocycles. The topological polar surface area (TPSA) is 122 Å². The number of hydrogen-bond donors (Lipinski definition) is 3. The van der Waals surface area contributed by atoms with Gasteiger partial charge in [-0.3, -0.25) is 9.69 Å². The zero-order chi connectivity index (χ0) is 27.1. The largest absolute Gasteiger partial charge is 0.378 e. The Morgan fingerprint density at radius 1 is 1.16 bits per heavy atom. The van der Waals surface area contributed by atoms with Crippen molar-refractivity contribution in [3.05, 3.63) is 0 Å². The molecule has 3 amide bonds. The van der Waals surface area contributed by atoms with E-state index in [1.165, 1.54) is 12.8 Å². The van der Waals surface area contributed by atoms with Crippen LogP contribution in [0.4, 0.5) is 4.79 Å². The van der Waals surface area contributed by atoms with Gasteiger partial charge < -0.3 is 25.6 Å². The van der Waals surface area contributed by atoms with Gasteiger partial charge >= 0.3 is 6.03 Å². The molecule has 2 heterocycles. The third kappa shape index (κ3) is 8.57. The van der Waals surface area contributed by atoms with Gasteiger partial charge in [-0.05, 0) is 56.8 Å². The molecule has 0 aromatic rings. The van der Waals surface area contributed by atoms with E-state index in [0.717, 1.165) is 25.3 Å². The zero-order valence-corrected chi connectivity index (χ0v) is 23.4. The van der Waals surface area contributed by atoms with Gasteiger partial charge in [0.2, 0.25) is 11.9 Å². The number of nitrogens with one attached hydrogen (secondary N) is 3. The van der Waals surface area contributed by atoms with E-state index in [0.29, 0.717) is 64.2 Å². The van der Waals surface area contributed by atoms with Crippen molar-refractivity contribution < 1.29 is 14.3 Å². The molecule has 2 saturated heterocycles. The lowest BCUT2D eigenvalue weighted by molar-refractivity contribution is -0.124. The van der Waals surface area contributed by atoms with E-state index in [4.69, 9.17) is 4.74 Å². The summed E-state index contributed by atoms with van der Waals surface area (Å²) in [5.41, 5.74) is -1.08. The number of rotatable bonds is 6. The fourth-order valence-electron chi connectivity index (χ4n) is 5.54. The minimum Gasteiger partial charge on any atom is -0.378 e. The number of nitriles is 1. The lowest BCUT2D eigenvalue weighted by atomic mass is 9.86. The van der Waals surface area contributed by atoms with Gasteiger partial charge in [-0.2, -0.15) is 10.3 Å². The highest BCUT2D eigenvalue weighted by molar-refractivity contribution is 5.95. The predicted octanol–water partition coefficient (Wildman–Crippen LogP) is 2.46. The Morgan fingerprint density at radius 3 is 2.43 bits per heavy atom. The summed E-state index contributed by atoms with van der Waals surface area (Å²) in [6.07, 6.45) is 5.89. The van der Waals surface area contributed by atoms with Gasteiger partial charge in [-0.25, -0.2) is 4.79 Å². The van der Waals surface area contributed by atoms with Crippen molar-refractivity contribution in [1.82, 2.24) is 25.8 Å². The van der Waals surface area contributed by atoms with Crippen molar-refractivity contribution in [3.63, 3.8) is 0 Å². The molecule has 3 rings (SSSR count). The molecule has 0 radical (unpaired) electrons. The third-order valence-corrected chi connectivity index (χ3v) is 7.66. The van der Waals surface area contributed by atoms with Crippen molar-refractivity contribution in [2.24, 2.45) is 16.3 Å². The summed E-state index contributed by atoms with van der Waals surface area (Å²) in [6.45, 7) is 14.4. The number of amides is 3. The minimum absolute atomic E-state index is 0.170. The first-order valence-electron chi connectivity index (χ1n) is 14.0. The molecular formula is C27H47N7O3. The Kier molecular flexibility index (Phi) is 10.2. The number of aliphatic imine (C=N–C) groups is 1. The van der Waals surface area contributed by atoms with E-state index in [1.807, 2.05) is 11.8 Å². The molecule has 1 aliphatic carbocycles. The highest BCUT2D eigenvalue weighted by Gasteiger charge is 2.44. The molecule has 0 spiro atoms. The van der Waals surface area contributed by atoms with Crippen molar-refractivity contribution in [2.45, 2.75) is 90.8 Å². The molecule has 2 unspecified atom stereocenters. The number of likely N-dealkylation sites (tertiary alicyclic amines) is 1. The van der Waals surface area contributed by atoms with Crippen LogP contribution in [-0.2, 0) is 9.53 Å². The van der Waals surface area contributed by atoms with Crippen LogP contribution in [-0.4, -0.2) is 91.3 Å². The zero-order valence-electron chi connectivity index (χ0n) is 23.4. The first kappa shape index (κ1) is 29.2. The number of morpholine rings is 1. The van der Waals surface area contributed by atoms with Crippen LogP contribution in [0, 0.1) is 22.7 Å². The maximum atomic E-state index is 13.8. The van der Waals surface area contributed by atoms with E-state index in [1.54, 1.807) is 0 Å². The first-order chi connectivity index (χ1) is 17.5. The number of nitrogens with zero attached hydrogens (tertiary/aromatic N) is 4. The molecule has 0 bridgehead atoms. The molecule has 1 saturated carbocycles. The molecule has 10 nitrogen and oxygen atoms in total. The maximum absolute atomic E-state index is 13.8. The Balaban J connectivity index is 1.76. The van der Waals surface area contributed by atoms with E-state index < -0.39 is 17.6 Å². The standard InChI is InChI=1S/C27H47N7O3/c1-6-29-25(36)31-24(33-13-15-37-16-14-33)30-22(17-26(3,4)5)23(35)32-27(18-28)11-12-34(19-27)21-9-7-20(2)8-10-21/h20-22H,6-17,19H2,1-5H3,(H,32,35)(H2,29,30,31,36). The summed E-state index contributed by atoms with van der Waals surface area (Å²) in [4.78, 5) is 34.7. The van der Waals surface area contributed by atoms with Gasteiger partial charge in [0.25, 0.3) is 0 Å². The van der Waals surface area contributed by atoms with Crippen LogP contribution >= 0.6 is 0 Å². The van der Waals surface area contributed by atoms with E-state index in [9.17, 15) is 14.9 Å². The van der Waals surface area contributed by atoms with E-state index in [2.05, 4.69) is 59.6 Å². The summed E-state index contributed by atoms with van der Waals surface area (Å²) in [5.74, 6) is 0.909. The normalized spacial score (nSPS) is 28.3. The molecule has 3 fully saturated rings. The molecular weight excluding hydrogens is 470 g/mol. The number of urea groups is 1. The highest BCUT2D eigenvalue weighted by Crippen LogP contribution is 2.32. The van der Waals surface area contributed by atoms with Crippen LogP contribution < -0.4 is 16.0 Å². The van der Waals surface area contributed by atoms with Crippen LogP contribution in [0.2, 0.25) is 0 Å². The Hall–Kier alpha value is -2.38. The summed E-state index contributed by atoms with van der Waals surface area (Å²) in [5, 5.41) is 19.3. The van der Waals surface area contributed by atoms with Crippen LogP contribution in [0.25, 0.3) is 0 Å². The number of carbonyl (C=O) groups is 2. The SMILES string of the molecule is CCNC(=O)N=C(NC(CC(C)(C)C)C(=O)NC1(C#N)CCN(C2CCC(C)CC2)C1)N1CCOCC1. The highest BCUT2D eigenvalue weighted by atomic mass is 16.5. The number of guanidine groups is 1.